The smallest absolute Gasteiger partial charge is 0.191 e. The van der Waals surface area contributed by atoms with Crippen molar-refractivity contribution in [3.05, 3.63) is 35.4 Å². The van der Waals surface area contributed by atoms with Crippen molar-refractivity contribution in [2.24, 2.45) is 10.9 Å². The van der Waals surface area contributed by atoms with E-state index in [0.717, 1.165) is 51.9 Å². The predicted octanol–water partition coefficient (Wildman–Crippen LogP) is 1.63. The molecule has 0 amide bonds. The molecule has 1 atom stereocenters. The minimum atomic E-state index is 0.575. The Labute approximate surface area is 140 Å². The number of aryl methyl sites for hydroxylation is 1. The second-order valence-corrected chi connectivity index (χ2v) is 6.31. The van der Waals surface area contributed by atoms with Crippen molar-refractivity contribution in [1.29, 1.82) is 0 Å². The zero-order valence-electron chi connectivity index (χ0n) is 14.6. The summed E-state index contributed by atoms with van der Waals surface area (Å²) < 4.78 is 5.39. The second-order valence-electron chi connectivity index (χ2n) is 6.31. The molecule has 2 rings (SSSR count). The molecule has 5 nitrogen and oxygen atoms in total. The standard InChI is InChI=1S/C18H30N4O/c1-15-4-6-17(7-5-15)13-21-18(19-3)20-12-16(2)14-22-8-10-23-11-9-22/h4-7,16H,8-14H2,1-3H3,(H2,19,20,21). The summed E-state index contributed by atoms with van der Waals surface area (Å²) >= 11 is 0. The van der Waals surface area contributed by atoms with E-state index in [1.54, 1.807) is 0 Å². The van der Waals surface area contributed by atoms with Crippen molar-refractivity contribution in [1.82, 2.24) is 15.5 Å². The largest absolute Gasteiger partial charge is 0.379 e. The van der Waals surface area contributed by atoms with Crippen molar-refractivity contribution < 1.29 is 4.74 Å². The summed E-state index contributed by atoms with van der Waals surface area (Å²) in [5.74, 6) is 1.44. The molecular weight excluding hydrogens is 288 g/mol. The van der Waals surface area contributed by atoms with Crippen LogP contribution in [0.1, 0.15) is 18.1 Å². The van der Waals surface area contributed by atoms with Crippen LogP contribution in [-0.2, 0) is 11.3 Å². The normalized spacial score (nSPS) is 17.8. The minimum absolute atomic E-state index is 0.575. The van der Waals surface area contributed by atoms with Crippen molar-refractivity contribution >= 4 is 5.96 Å². The molecule has 0 radical (unpaired) electrons. The minimum Gasteiger partial charge on any atom is -0.379 e. The third-order valence-electron chi connectivity index (χ3n) is 4.10. The van der Waals surface area contributed by atoms with Gasteiger partial charge in [0.1, 0.15) is 0 Å². The monoisotopic (exact) mass is 318 g/mol. The van der Waals surface area contributed by atoms with Crippen LogP contribution >= 0.6 is 0 Å². The molecule has 0 saturated carbocycles. The molecule has 1 aliphatic heterocycles. The highest BCUT2D eigenvalue weighted by Crippen LogP contribution is 2.03. The molecule has 1 aliphatic rings. The number of nitrogens with one attached hydrogen (secondary N) is 2. The maximum Gasteiger partial charge on any atom is 0.191 e. The van der Waals surface area contributed by atoms with E-state index in [2.05, 4.69) is 58.6 Å². The summed E-state index contributed by atoms with van der Waals surface area (Å²) in [6, 6.07) is 8.57. The van der Waals surface area contributed by atoms with Gasteiger partial charge in [0.2, 0.25) is 0 Å². The highest BCUT2D eigenvalue weighted by Gasteiger charge is 2.13. The van der Waals surface area contributed by atoms with Gasteiger partial charge in [-0.1, -0.05) is 36.8 Å². The molecule has 23 heavy (non-hydrogen) atoms. The van der Waals surface area contributed by atoms with E-state index in [-0.39, 0.29) is 0 Å². The maximum atomic E-state index is 5.39. The number of nitrogens with zero attached hydrogens (tertiary/aromatic N) is 2. The van der Waals surface area contributed by atoms with E-state index in [9.17, 15) is 0 Å². The first-order valence-corrected chi connectivity index (χ1v) is 8.47. The van der Waals surface area contributed by atoms with Crippen LogP contribution < -0.4 is 10.6 Å². The molecule has 1 unspecified atom stereocenters. The first kappa shape index (κ1) is 17.8. The summed E-state index contributed by atoms with van der Waals surface area (Å²) in [6.07, 6.45) is 0. The number of ether oxygens (including phenoxy) is 1. The lowest BCUT2D eigenvalue weighted by atomic mass is 10.1. The molecule has 0 spiro atoms. The summed E-state index contributed by atoms with van der Waals surface area (Å²) in [5.41, 5.74) is 2.55. The van der Waals surface area contributed by atoms with Crippen LogP contribution in [0, 0.1) is 12.8 Å². The third kappa shape index (κ3) is 6.59. The van der Waals surface area contributed by atoms with E-state index < -0.39 is 0 Å². The number of hydrogen-bond donors (Lipinski definition) is 2. The Hall–Kier alpha value is -1.59. The Morgan fingerprint density at radius 1 is 1.22 bits per heavy atom. The molecule has 5 heteroatoms. The molecule has 128 valence electrons. The van der Waals surface area contributed by atoms with Gasteiger partial charge in [-0.25, -0.2) is 0 Å². The van der Waals surface area contributed by atoms with E-state index >= 15 is 0 Å². The molecule has 2 N–H and O–H groups in total. The van der Waals surface area contributed by atoms with Crippen LogP contribution in [0.25, 0.3) is 0 Å². The van der Waals surface area contributed by atoms with Gasteiger partial charge in [-0.15, -0.1) is 0 Å². The van der Waals surface area contributed by atoms with E-state index in [1.165, 1.54) is 11.1 Å². The number of morpholine rings is 1. The molecule has 1 aromatic rings. The van der Waals surface area contributed by atoms with Crippen molar-refractivity contribution in [3.63, 3.8) is 0 Å². The van der Waals surface area contributed by atoms with Crippen LogP contribution in [0.4, 0.5) is 0 Å². The van der Waals surface area contributed by atoms with Crippen LogP contribution in [0.5, 0.6) is 0 Å². The van der Waals surface area contributed by atoms with Gasteiger partial charge in [0.15, 0.2) is 5.96 Å². The molecular formula is C18H30N4O. The lowest BCUT2D eigenvalue weighted by molar-refractivity contribution is 0.0320. The van der Waals surface area contributed by atoms with Gasteiger partial charge in [0, 0.05) is 39.8 Å². The van der Waals surface area contributed by atoms with E-state index in [1.807, 2.05) is 7.05 Å². The average Bonchev–Trinajstić information content (AvgIpc) is 2.57. The van der Waals surface area contributed by atoms with E-state index in [0.29, 0.717) is 5.92 Å². The lowest BCUT2D eigenvalue weighted by Crippen LogP contribution is -2.43. The van der Waals surface area contributed by atoms with Crippen LogP contribution in [-0.4, -0.2) is 57.3 Å². The van der Waals surface area contributed by atoms with Crippen LogP contribution in [0.15, 0.2) is 29.3 Å². The van der Waals surface area contributed by atoms with Crippen LogP contribution in [0.3, 0.4) is 0 Å². The molecule has 1 aromatic carbocycles. The zero-order chi connectivity index (χ0) is 16.5. The number of rotatable bonds is 6. The molecule has 0 aromatic heterocycles. The number of hydrogen-bond acceptors (Lipinski definition) is 3. The van der Waals surface area contributed by atoms with Gasteiger partial charge in [-0.2, -0.15) is 0 Å². The van der Waals surface area contributed by atoms with Crippen molar-refractivity contribution in [2.45, 2.75) is 20.4 Å². The summed E-state index contributed by atoms with van der Waals surface area (Å²) in [5, 5.41) is 6.79. The number of guanidine groups is 1. The van der Waals surface area contributed by atoms with E-state index in [4.69, 9.17) is 4.74 Å². The molecule has 0 bridgehead atoms. The van der Waals surface area contributed by atoms with Crippen molar-refractivity contribution in [2.75, 3.05) is 46.4 Å². The average molecular weight is 318 g/mol. The lowest BCUT2D eigenvalue weighted by Gasteiger charge is -2.29. The molecule has 1 heterocycles. The maximum absolute atomic E-state index is 5.39. The molecule has 0 aliphatic carbocycles. The molecule has 1 saturated heterocycles. The Morgan fingerprint density at radius 3 is 2.57 bits per heavy atom. The zero-order valence-corrected chi connectivity index (χ0v) is 14.6. The van der Waals surface area contributed by atoms with Gasteiger partial charge in [-0.05, 0) is 18.4 Å². The first-order valence-electron chi connectivity index (χ1n) is 8.47. The van der Waals surface area contributed by atoms with Crippen LogP contribution in [0.2, 0.25) is 0 Å². The van der Waals surface area contributed by atoms with Gasteiger partial charge in [0.25, 0.3) is 0 Å². The van der Waals surface area contributed by atoms with Gasteiger partial charge in [0.05, 0.1) is 13.2 Å². The van der Waals surface area contributed by atoms with Gasteiger partial charge >= 0.3 is 0 Å². The second kappa shape index (κ2) is 9.53. The first-order chi connectivity index (χ1) is 11.2. The fourth-order valence-corrected chi connectivity index (χ4v) is 2.67. The Kier molecular flexibility index (Phi) is 7.36. The SMILES string of the molecule is CN=C(NCc1ccc(C)cc1)NCC(C)CN1CCOCC1. The Bertz CT molecular complexity index is 480. The predicted molar refractivity (Wildman–Crippen MR) is 95.8 cm³/mol. The fraction of sp³-hybridized carbons (Fsp3) is 0.611. The number of benzene rings is 1. The third-order valence-corrected chi connectivity index (χ3v) is 4.10. The van der Waals surface area contributed by atoms with Gasteiger partial charge < -0.3 is 15.4 Å². The highest BCUT2D eigenvalue weighted by molar-refractivity contribution is 5.79. The van der Waals surface area contributed by atoms with Gasteiger partial charge in [-0.3, -0.25) is 9.89 Å². The topological polar surface area (TPSA) is 48.9 Å². The Morgan fingerprint density at radius 2 is 1.91 bits per heavy atom. The summed E-state index contributed by atoms with van der Waals surface area (Å²) in [6.45, 7) is 11.0. The summed E-state index contributed by atoms with van der Waals surface area (Å²) in [7, 11) is 1.82. The summed E-state index contributed by atoms with van der Waals surface area (Å²) in [4.78, 5) is 6.77. The number of aliphatic imine (C=N–C) groups is 1. The quantitative estimate of drug-likeness (QED) is 0.618. The van der Waals surface area contributed by atoms with Crippen molar-refractivity contribution in [3.8, 4) is 0 Å². The highest BCUT2D eigenvalue weighted by atomic mass is 16.5. The Balaban J connectivity index is 1.68. The fourth-order valence-electron chi connectivity index (χ4n) is 2.67. The molecule has 1 fully saturated rings.